The minimum atomic E-state index is -0.205. The Hall–Kier alpha value is -2.38. The standard InChI is InChI=1S/C20H20N4OS2/c1-3-17(19(25)21-11-14-6-4-13(2)5-7-14)27-20-16-10-18-15(8-9-26-18)24(16)12-22-23-20/h4-10,12,17H,3,11H2,1-2H3,(H,21,25). The first-order chi connectivity index (χ1) is 13.2. The summed E-state index contributed by atoms with van der Waals surface area (Å²) < 4.78 is 3.24. The van der Waals surface area contributed by atoms with E-state index >= 15 is 0 Å². The molecule has 1 aromatic carbocycles. The number of aryl methyl sites for hydroxylation is 1. The first kappa shape index (κ1) is 18.0. The summed E-state index contributed by atoms with van der Waals surface area (Å²) in [7, 11) is 0. The second-order valence-corrected chi connectivity index (χ2v) is 8.56. The first-order valence-corrected chi connectivity index (χ1v) is 10.6. The summed E-state index contributed by atoms with van der Waals surface area (Å²) in [6.07, 6.45) is 2.45. The molecule has 3 heterocycles. The molecule has 1 amide bonds. The van der Waals surface area contributed by atoms with Crippen molar-refractivity contribution < 1.29 is 4.79 Å². The van der Waals surface area contributed by atoms with E-state index in [4.69, 9.17) is 0 Å². The van der Waals surface area contributed by atoms with Crippen LogP contribution in [0.5, 0.6) is 0 Å². The molecule has 27 heavy (non-hydrogen) atoms. The smallest absolute Gasteiger partial charge is 0.233 e. The lowest BCUT2D eigenvalue weighted by atomic mass is 10.1. The van der Waals surface area contributed by atoms with Crippen molar-refractivity contribution in [1.82, 2.24) is 19.9 Å². The molecule has 1 unspecified atom stereocenters. The van der Waals surface area contributed by atoms with E-state index in [1.54, 1.807) is 17.7 Å². The molecular weight excluding hydrogens is 376 g/mol. The van der Waals surface area contributed by atoms with Gasteiger partial charge in [-0.3, -0.25) is 9.20 Å². The number of carbonyl (C=O) groups excluding carboxylic acids is 1. The highest BCUT2D eigenvalue weighted by molar-refractivity contribution is 8.00. The molecule has 3 aromatic heterocycles. The van der Waals surface area contributed by atoms with Gasteiger partial charge in [0.2, 0.25) is 5.91 Å². The fraction of sp³-hybridized carbons (Fsp3) is 0.250. The number of hydrogen-bond acceptors (Lipinski definition) is 5. The molecule has 5 nitrogen and oxygen atoms in total. The highest BCUT2D eigenvalue weighted by Crippen LogP contribution is 2.32. The zero-order valence-corrected chi connectivity index (χ0v) is 16.8. The number of nitrogens with one attached hydrogen (secondary N) is 1. The minimum absolute atomic E-state index is 0.0280. The van der Waals surface area contributed by atoms with Crippen molar-refractivity contribution in [3.05, 3.63) is 59.2 Å². The molecule has 0 saturated heterocycles. The molecule has 0 spiro atoms. The number of thioether (sulfide) groups is 1. The van der Waals surface area contributed by atoms with Crippen LogP contribution in [0, 0.1) is 6.92 Å². The monoisotopic (exact) mass is 396 g/mol. The second-order valence-electron chi connectivity index (χ2n) is 6.42. The van der Waals surface area contributed by atoms with Crippen molar-refractivity contribution in [2.45, 2.75) is 37.1 Å². The Kier molecular flexibility index (Phi) is 5.13. The highest BCUT2D eigenvalue weighted by Gasteiger charge is 2.21. The van der Waals surface area contributed by atoms with Crippen LogP contribution in [0.1, 0.15) is 24.5 Å². The normalized spacial score (nSPS) is 12.5. The first-order valence-electron chi connectivity index (χ1n) is 8.85. The van der Waals surface area contributed by atoms with Gasteiger partial charge in [-0.1, -0.05) is 48.5 Å². The van der Waals surface area contributed by atoms with E-state index in [0.717, 1.165) is 28.0 Å². The molecule has 0 fully saturated rings. The zero-order valence-electron chi connectivity index (χ0n) is 15.2. The molecule has 0 aliphatic carbocycles. The van der Waals surface area contributed by atoms with Gasteiger partial charge in [-0.05, 0) is 36.4 Å². The van der Waals surface area contributed by atoms with Crippen molar-refractivity contribution in [2.24, 2.45) is 0 Å². The Labute approximate surface area is 165 Å². The summed E-state index contributed by atoms with van der Waals surface area (Å²) in [5, 5.41) is 14.1. The Balaban J connectivity index is 1.50. The number of fused-ring (bicyclic) bond motifs is 3. The number of benzene rings is 1. The molecule has 7 heteroatoms. The fourth-order valence-electron chi connectivity index (χ4n) is 2.96. The maximum Gasteiger partial charge on any atom is 0.233 e. The van der Waals surface area contributed by atoms with Gasteiger partial charge in [0, 0.05) is 6.54 Å². The van der Waals surface area contributed by atoms with Gasteiger partial charge in [0.25, 0.3) is 0 Å². The number of rotatable bonds is 6. The Morgan fingerprint density at radius 3 is 2.85 bits per heavy atom. The third-order valence-electron chi connectivity index (χ3n) is 4.50. The highest BCUT2D eigenvalue weighted by atomic mass is 32.2. The van der Waals surface area contributed by atoms with Gasteiger partial charge in [0.05, 0.1) is 21.0 Å². The molecule has 1 atom stereocenters. The van der Waals surface area contributed by atoms with Gasteiger partial charge in [-0.2, -0.15) is 0 Å². The molecule has 4 aromatic rings. The van der Waals surface area contributed by atoms with Gasteiger partial charge >= 0.3 is 0 Å². The molecule has 0 aliphatic heterocycles. The average molecular weight is 397 g/mol. The van der Waals surface area contributed by atoms with Crippen LogP contribution in [0.25, 0.3) is 15.7 Å². The van der Waals surface area contributed by atoms with Gasteiger partial charge < -0.3 is 5.32 Å². The van der Waals surface area contributed by atoms with Gasteiger partial charge in [0.15, 0.2) is 0 Å². The quantitative estimate of drug-likeness (QED) is 0.490. The minimum Gasteiger partial charge on any atom is -0.351 e. The summed E-state index contributed by atoms with van der Waals surface area (Å²) in [5.74, 6) is 0.0280. The van der Waals surface area contributed by atoms with Crippen LogP contribution in [0.2, 0.25) is 0 Å². The largest absolute Gasteiger partial charge is 0.351 e. The molecule has 138 valence electrons. The summed E-state index contributed by atoms with van der Waals surface area (Å²) in [6, 6.07) is 12.4. The maximum atomic E-state index is 12.7. The number of thiophene rings is 1. The molecular formula is C20H20N4OS2. The molecule has 4 rings (SSSR count). The van der Waals surface area contributed by atoms with Gasteiger partial charge in [-0.25, -0.2) is 0 Å². The van der Waals surface area contributed by atoms with Crippen molar-refractivity contribution in [2.75, 3.05) is 0 Å². The van der Waals surface area contributed by atoms with Gasteiger partial charge in [-0.15, -0.1) is 21.5 Å². The van der Waals surface area contributed by atoms with Crippen LogP contribution in [0.4, 0.5) is 0 Å². The lowest BCUT2D eigenvalue weighted by molar-refractivity contribution is -0.120. The summed E-state index contributed by atoms with van der Waals surface area (Å²) in [5.41, 5.74) is 4.44. The average Bonchev–Trinajstić information content (AvgIpc) is 3.27. The van der Waals surface area contributed by atoms with Crippen LogP contribution < -0.4 is 5.32 Å². The van der Waals surface area contributed by atoms with Crippen molar-refractivity contribution in [3.8, 4) is 0 Å². The summed E-state index contributed by atoms with van der Waals surface area (Å²) >= 11 is 3.18. The maximum absolute atomic E-state index is 12.7. The lowest BCUT2D eigenvalue weighted by Gasteiger charge is -2.14. The van der Waals surface area contributed by atoms with Crippen LogP contribution in [-0.2, 0) is 11.3 Å². The SMILES string of the molecule is CCC(Sc1nncn2c1cc1sccc12)C(=O)NCc1ccc(C)cc1. The number of carbonyl (C=O) groups is 1. The van der Waals surface area contributed by atoms with Crippen LogP contribution >= 0.6 is 23.1 Å². The number of amides is 1. The molecule has 0 radical (unpaired) electrons. The third-order valence-corrected chi connectivity index (χ3v) is 6.70. The van der Waals surface area contributed by atoms with E-state index in [9.17, 15) is 4.79 Å². The predicted octanol–water partition coefficient (Wildman–Crippen LogP) is 4.44. The fourth-order valence-corrected chi connectivity index (χ4v) is 4.77. The van der Waals surface area contributed by atoms with E-state index in [1.807, 2.05) is 23.5 Å². The Bertz CT molecular complexity index is 1080. The third kappa shape index (κ3) is 3.70. The lowest BCUT2D eigenvalue weighted by Crippen LogP contribution is -2.32. The summed E-state index contributed by atoms with van der Waals surface area (Å²) in [4.78, 5) is 12.7. The number of nitrogens with zero attached hydrogens (tertiary/aromatic N) is 3. The molecule has 0 aliphatic rings. The molecule has 0 saturated carbocycles. The predicted molar refractivity (Wildman–Crippen MR) is 111 cm³/mol. The summed E-state index contributed by atoms with van der Waals surface area (Å²) in [6.45, 7) is 4.61. The van der Waals surface area contributed by atoms with Gasteiger partial charge in [0.1, 0.15) is 11.4 Å². The van der Waals surface area contributed by atoms with E-state index in [0.29, 0.717) is 6.54 Å². The molecule has 0 bridgehead atoms. The van der Waals surface area contributed by atoms with E-state index < -0.39 is 0 Å². The van der Waals surface area contributed by atoms with E-state index in [-0.39, 0.29) is 11.2 Å². The Morgan fingerprint density at radius 2 is 2.07 bits per heavy atom. The van der Waals surface area contributed by atoms with Crippen LogP contribution in [0.3, 0.4) is 0 Å². The zero-order chi connectivity index (χ0) is 18.8. The van der Waals surface area contributed by atoms with Crippen molar-refractivity contribution in [1.29, 1.82) is 0 Å². The van der Waals surface area contributed by atoms with Crippen LogP contribution in [-0.4, -0.2) is 25.8 Å². The Morgan fingerprint density at radius 1 is 1.26 bits per heavy atom. The van der Waals surface area contributed by atoms with E-state index in [1.165, 1.54) is 22.0 Å². The van der Waals surface area contributed by atoms with Crippen molar-refractivity contribution >= 4 is 44.7 Å². The molecule has 1 N–H and O–H groups in total. The topological polar surface area (TPSA) is 59.3 Å². The van der Waals surface area contributed by atoms with Crippen molar-refractivity contribution in [3.63, 3.8) is 0 Å². The van der Waals surface area contributed by atoms with Crippen LogP contribution in [0.15, 0.2) is 53.1 Å². The van der Waals surface area contributed by atoms with E-state index in [2.05, 4.69) is 52.1 Å². The number of aromatic nitrogens is 3. The number of hydrogen-bond donors (Lipinski definition) is 1. The second kappa shape index (κ2) is 7.70.